The zero-order chi connectivity index (χ0) is 16.8. The molecule has 0 unspecified atom stereocenters. The van der Waals surface area contributed by atoms with Gasteiger partial charge in [0.1, 0.15) is 17.5 Å². The number of nitrogens with one attached hydrogen (secondary N) is 2. The second kappa shape index (κ2) is 7.23. The lowest BCUT2D eigenvalue weighted by molar-refractivity contribution is -0.112. The zero-order valence-electron chi connectivity index (χ0n) is 12.9. The van der Waals surface area contributed by atoms with Gasteiger partial charge in [0, 0.05) is 17.6 Å². The number of rotatable bonds is 4. The van der Waals surface area contributed by atoms with Gasteiger partial charge in [-0.05, 0) is 61.4 Å². The molecule has 0 fully saturated rings. The molecule has 0 radical (unpaired) electrons. The number of hydrogen-bond donors (Lipinski definition) is 2. The van der Waals surface area contributed by atoms with E-state index in [2.05, 4.69) is 10.6 Å². The molecule has 2 N–H and O–H groups in total. The van der Waals surface area contributed by atoms with Gasteiger partial charge in [-0.3, -0.25) is 4.79 Å². The Morgan fingerprint density at radius 1 is 1.09 bits per heavy atom. The molecule has 0 heterocycles. The van der Waals surface area contributed by atoms with Crippen molar-refractivity contribution in [1.29, 1.82) is 5.26 Å². The Bertz CT molecular complexity index is 769. The molecule has 2 rings (SSSR count). The second-order valence-corrected chi connectivity index (χ2v) is 5.15. The van der Waals surface area contributed by atoms with E-state index >= 15 is 0 Å². The summed E-state index contributed by atoms with van der Waals surface area (Å²) < 4.78 is 12.8. The van der Waals surface area contributed by atoms with Gasteiger partial charge in [-0.15, -0.1) is 0 Å². The molecule has 2 aromatic rings. The van der Waals surface area contributed by atoms with Gasteiger partial charge < -0.3 is 10.6 Å². The number of amides is 1. The van der Waals surface area contributed by atoms with E-state index in [0.29, 0.717) is 5.69 Å². The monoisotopic (exact) mass is 309 g/mol. The summed E-state index contributed by atoms with van der Waals surface area (Å²) in [5.41, 5.74) is 3.30. The van der Waals surface area contributed by atoms with Crippen LogP contribution >= 0.6 is 0 Å². The molecule has 116 valence electrons. The number of nitrogens with zero attached hydrogens (tertiary/aromatic N) is 1. The Balaban J connectivity index is 2.10. The molecule has 0 saturated carbocycles. The van der Waals surface area contributed by atoms with Crippen LogP contribution in [-0.4, -0.2) is 5.91 Å². The van der Waals surface area contributed by atoms with E-state index in [9.17, 15) is 9.18 Å². The molecule has 4 nitrogen and oxygen atoms in total. The minimum absolute atomic E-state index is 0.0755. The van der Waals surface area contributed by atoms with Crippen molar-refractivity contribution in [2.24, 2.45) is 0 Å². The highest BCUT2D eigenvalue weighted by atomic mass is 19.1. The Morgan fingerprint density at radius 2 is 1.70 bits per heavy atom. The first-order valence-electron chi connectivity index (χ1n) is 7.00. The first-order valence-corrected chi connectivity index (χ1v) is 7.00. The van der Waals surface area contributed by atoms with E-state index < -0.39 is 11.7 Å². The Kier molecular flexibility index (Phi) is 5.11. The SMILES string of the molecule is Cc1cc(C)cc(N/C=C(/C#N)C(=O)Nc2ccc(F)cc2)c1. The second-order valence-electron chi connectivity index (χ2n) is 5.15. The van der Waals surface area contributed by atoms with Gasteiger partial charge >= 0.3 is 0 Å². The Morgan fingerprint density at radius 3 is 2.26 bits per heavy atom. The molecular weight excluding hydrogens is 293 g/mol. The van der Waals surface area contributed by atoms with Crippen molar-refractivity contribution >= 4 is 17.3 Å². The number of anilines is 2. The average Bonchev–Trinajstić information content (AvgIpc) is 2.49. The molecule has 0 aromatic heterocycles. The first kappa shape index (κ1) is 16.2. The summed E-state index contributed by atoms with van der Waals surface area (Å²) in [5, 5.41) is 14.6. The van der Waals surface area contributed by atoms with Crippen LogP contribution in [0.5, 0.6) is 0 Å². The smallest absolute Gasteiger partial charge is 0.267 e. The van der Waals surface area contributed by atoms with Gasteiger partial charge in [-0.25, -0.2) is 4.39 Å². The van der Waals surface area contributed by atoms with Crippen LogP contribution < -0.4 is 10.6 Å². The highest BCUT2D eigenvalue weighted by molar-refractivity contribution is 6.06. The van der Waals surface area contributed by atoms with E-state index in [0.717, 1.165) is 16.8 Å². The fraction of sp³-hybridized carbons (Fsp3) is 0.111. The number of aryl methyl sites for hydroxylation is 2. The lowest BCUT2D eigenvalue weighted by Crippen LogP contribution is -2.14. The van der Waals surface area contributed by atoms with E-state index in [1.54, 1.807) is 0 Å². The molecule has 0 bridgehead atoms. The molecule has 23 heavy (non-hydrogen) atoms. The minimum atomic E-state index is -0.559. The van der Waals surface area contributed by atoms with Crippen LogP contribution in [0.15, 0.2) is 54.2 Å². The molecule has 1 amide bonds. The third kappa shape index (κ3) is 4.68. The Hall–Kier alpha value is -3.13. The standard InChI is InChI=1S/C18H16FN3O/c1-12-7-13(2)9-17(8-12)21-11-14(10-20)18(23)22-16-5-3-15(19)4-6-16/h3-9,11,21H,1-2H3,(H,22,23)/b14-11-. The van der Waals surface area contributed by atoms with Gasteiger partial charge in [-0.1, -0.05) is 6.07 Å². The number of benzene rings is 2. The number of hydrogen-bond acceptors (Lipinski definition) is 3. The third-order valence-corrected chi connectivity index (χ3v) is 3.07. The van der Waals surface area contributed by atoms with Crippen molar-refractivity contribution in [2.75, 3.05) is 10.6 Å². The minimum Gasteiger partial charge on any atom is -0.360 e. The van der Waals surface area contributed by atoms with Crippen LogP contribution in [0.1, 0.15) is 11.1 Å². The van der Waals surface area contributed by atoms with Crippen molar-refractivity contribution < 1.29 is 9.18 Å². The van der Waals surface area contributed by atoms with E-state index in [1.807, 2.05) is 38.1 Å². The highest BCUT2D eigenvalue weighted by Gasteiger charge is 2.09. The Labute approximate surface area is 134 Å². The normalized spacial score (nSPS) is 10.8. The van der Waals surface area contributed by atoms with Crippen molar-refractivity contribution in [3.8, 4) is 6.07 Å². The van der Waals surface area contributed by atoms with Crippen LogP contribution in [0.25, 0.3) is 0 Å². The molecule has 0 saturated heterocycles. The maximum atomic E-state index is 12.8. The summed E-state index contributed by atoms with van der Waals surface area (Å²) in [4.78, 5) is 12.0. The fourth-order valence-corrected chi connectivity index (χ4v) is 2.09. The molecule has 5 heteroatoms. The summed E-state index contributed by atoms with van der Waals surface area (Å²) in [5.74, 6) is -0.952. The predicted molar refractivity (Wildman–Crippen MR) is 88.3 cm³/mol. The fourth-order valence-electron chi connectivity index (χ4n) is 2.09. The van der Waals surface area contributed by atoms with Crippen molar-refractivity contribution in [1.82, 2.24) is 0 Å². The molecule has 0 atom stereocenters. The number of nitriles is 1. The molecular formula is C18H16FN3O. The highest BCUT2D eigenvalue weighted by Crippen LogP contribution is 2.15. The number of carbonyl (C=O) groups excluding carboxylic acids is 1. The lowest BCUT2D eigenvalue weighted by Gasteiger charge is -2.06. The summed E-state index contributed by atoms with van der Waals surface area (Å²) in [6.45, 7) is 3.93. The van der Waals surface area contributed by atoms with Gasteiger partial charge in [0.25, 0.3) is 5.91 Å². The van der Waals surface area contributed by atoms with Gasteiger partial charge in [0.15, 0.2) is 0 Å². The van der Waals surface area contributed by atoms with Gasteiger partial charge in [-0.2, -0.15) is 5.26 Å². The van der Waals surface area contributed by atoms with Crippen LogP contribution in [0.3, 0.4) is 0 Å². The molecule has 0 aliphatic heterocycles. The number of halogens is 1. The van der Waals surface area contributed by atoms with E-state index in [1.165, 1.54) is 30.5 Å². The van der Waals surface area contributed by atoms with Crippen LogP contribution in [0.4, 0.5) is 15.8 Å². The maximum absolute atomic E-state index is 12.8. The average molecular weight is 309 g/mol. The van der Waals surface area contributed by atoms with Crippen molar-refractivity contribution in [3.05, 3.63) is 71.2 Å². The predicted octanol–water partition coefficient (Wildman–Crippen LogP) is 3.90. The largest absolute Gasteiger partial charge is 0.360 e. The molecule has 2 aromatic carbocycles. The van der Waals surface area contributed by atoms with Crippen LogP contribution in [0, 0.1) is 31.0 Å². The molecule has 0 aliphatic carbocycles. The zero-order valence-corrected chi connectivity index (χ0v) is 12.9. The first-order chi connectivity index (χ1) is 11.0. The van der Waals surface area contributed by atoms with Crippen LogP contribution in [-0.2, 0) is 4.79 Å². The lowest BCUT2D eigenvalue weighted by atomic mass is 10.1. The van der Waals surface area contributed by atoms with Crippen molar-refractivity contribution in [3.63, 3.8) is 0 Å². The van der Waals surface area contributed by atoms with Gasteiger partial charge in [0.05, 0.1) is 0 Å². The third-order valence-electron chi connectivity index (χ3n) is 3.07. The van der Waals surface area contributed by atoms with Crippen LogP contribution in [0.2, 0.25) is 0 Å². The summed E-state index contributed by atoms with van der Waals surface area (Å²) in [6, 6.07) is 13.0. The van der Waals surface area contributed by atoms with Gasteiger partial charge in [0.2, 0.25) is 0 Å². The number of carbonyl (C=O) groups is 1. The summed E-state index contributed by atoms with van der Waals surface area (Å²) >= 11 is 0. The van der Waals surface area contributed by atoms with Crippen molar-refractivity contribution in [2.45, 2.75) is 13.8 Å². The quantitative estimate of drug-likeness (QED) is 0.665. The van der Waals surface area contributed by atoms with E-state index in [-0.39, 0.29) is 5.57 Å². The molecule has 0 spiro atoms. The topological polar surface area (TPSA) is 64.9 Å². The molecule has 0 aliphatic rings. The van der Waals surface area contributed by atoms with E-state index in [4.69, 9.17) is 5.26 Å². The summed E-state index contributed by atoms with van der Waals surface area (Å²) in [7, 11) is 0. The summed E-state index contributed by atoms with van der Waals surface area (Å²) in [6.07, 6.45) is 1.35. The maximum Gasteiger partial charge on any atom is 0.267 e.